The van der Waals surface area contributed by atoms with Crippen molar-refractivity contribution in [1.82, 2.24) is 10.3 Å². The third kappa shape index (κ3) is 5.54. The predicted molar refractivity (Wildman–Crippen MR) is 107 cm³/mol. The van der Waals surface area contributed by atoms with Gasteiger partial charge in [-0.3, -0.25) is 5.32 Å². The molecule has 0 aliphatic heterocycles. The standard InChI is InChI=1S/C19H27N3O3S/c1-19(2,25-15-8-6-5-7-9-15)20-13-18(24)14-10-11-17(23)16(12-14)22(26)21(3)4/h5-12,18,20,23-24,26H,13H2,1-4H3. The molecule has 0 fully saturated rings. The topological polar surface area (TPSA) is 68.2 Å². The number of para-hydroxylation sites is 1. The van der Waals surface area contributed by atoms with Crippen LogP contribution in [0.15, 0.2) is 48.5 Å². The van der Waals surface area contributed by atoms with Crippen LogP contribution >= 0.6 is 12.8 Å². The van der Waals surface area contributed by atoms with Crippen LogP contribution in [0.4, 0.5) is 5.69 Å². The molecule has 0 bridgehead atoms. The monoisotopic (exact) mass is 377 g/mol. The smallest absolute Gasteiger partial charge is 0.155 e. The molecule has 2 rings (SSSR count). The molecule has 2 aromatic carbocycles. The molecule has 3 N–H and O–H groups in total. The van der Waals surface area contributed by atoms with Gasteiger partial charge in [-0.25, -0.2) is 9.42 Å². The molecule has 0 saturated heterocycles. The Morgan fingerprint density at radius 1 is 1.15 bits per heavy atom. The summed E-state index contributed by atoms with van der Waals surface area (Å²) >= 11 is 4.34. The molecule has 6 nitrogen and oxygen atoms in total. The number of aromatic hydroxyl groups is 1. The van der Waals surface area contributed by atoms with Crippen LogP contribution in [0.2, 0.25) is 0 Å². The number of hydrogen-bond acceptors (Lipinski definition) is 7. The second-order valence-corrected chi connectivity index (χ2v) is 7.09. The minimum absolute atomic E-state index is 0.0883. The van der Waals surface area contributed by atoms with Crippen LogP contribution in [-0.4, -0.2) is 41.6 Å². The maximum Gasteiger partial charge on any atom is 0.155 e. The summed E-state index contributed by atoms with van der Waals surface area (Å²) < 4.78 is 7.41. The van der Waals surface area contributed by atoms with Gasteiger partial charge in [-0.05, 0) is 56.5 Å². The maximum absolute atomic E-state index is 10.5. The van der Waals surface area contributed by atoms with Gasteiger partial charge in [-0.15, -0.1) is 0 Å². The second-order valence-electron chi connectivity index (χ2n) is 6.71. The van der Waals surface area contributed by atoms with Crippen molar-refractivity contribution in [2.24, 2.45) is 0 Å². The van der Waals surface area contributed by atoms with Crippen LogP contribution in [0.3, 0.4) is 0 Å². The number of hydrazine groups is 1. The van der Waals surface area contributed by atoms with Gasteiger partial charge in [0.05, 0.1) is 6.10 Å². The average Bonchev–Trinajstić information content (AvgIpc) is 2.60. The third-order valence-electron chi connectivity index (χ3n) is 3.82. The summed E-state index contributed by atoms with van der Waals surface area (Å²) in [5, 5.41) is 25.5. The van der Waals surface area contributed by atoms with Gasteiger partial charge in [-0.1, -0.05) is 24.3 Å². The zero-order valence-corrected chi connectivity index (χ0v) is 16.4. The molecule has 1 unspecified atom stereocenters. The first-order valence-corrected chi connectivity index (χ1v) is 8.76. The molecular weight excluding hydrogens is 350 g/mol. The largest absolute Gasteiger partial charge is 0.506 e. The highest BCUT2D eigenvalue weighted by Crippen LogP contribution is 2.32. The Hall–Kier alpha value is -1.93. The van der Waals surface area contributed by atoms with Gasteiger partial charge < -0.3 is 14.9 Å². The number of hydrogen-bond donors (Lipinski definition) is 4. The summed E-state index contributed by atoms with van der Waals surface area (Å²) in [7, 11) is 3.61. The Morgan fingerprint density at radius 2 is 1.81 bits per heavy atom. The predicted octanol–water partition coefficient (Wildman–Crippen LogP) is 2.96. The molecular formula is C19H27N3O3S. The molecule has 0 aliphatic rings. The Morgan fingerprint density at radius 3 is 2.42 bits per heavy atom. The van der Waals surface area contributed by atoms with Crippen LogP contribution in [0.1, 0.15) is 25.5 Å². The fourth-order valence-electron chi connectivity index (χ4n) is 2.40. The molecule has 0 spiro atoms. The highest BCUT2D eigenvalue weighted by atomic mass is 32.1. The first kappa shape index (κ1) is 20.4. The summed E-state index contributed by atoms with van der Waals surface area (Å²) in [5.74, 6) is 0.841. The van der Waals surface area contributed by atoms with E-state index in [0.717, 1.165) is 5.75 Å². The number of aliphatic hydroxyl groups excluding tert-OH is 1. The fraction of sp³-hybridized carbons (Fsp3) is 0.368. The molecule has 7 heteroatoms. The van der Waals surface area contributed by atoms with Gasteiger partial charge in [-0.2, -0.15) is 0 Å². The average molecular weight is 378 g/mol. The van der Waals surface area contributed by atoms with Crippen molar-refractivity contribution in [2.75, 3.05) is 25.1 Å². The summed E-state index contributed by atoms with van der Waals surface area (Å²) in [4.78, 5) is 0. The van der Waals surface area contributed by atoms with Crippen molar-refractivity contribution in [3.63, 3.8) is 0 Å². The fourth-order valence-corrected chi connectivity index (χ4v) is 2.56. The summed E-state index contributed by atoms with van der Waals surface area (Å²) in [5.41, 5.74) is 0.512. The molecule has 1 atom stereocenters. The number of aliphatic hydroxyl groups is 1. The van der Waals surface area contributed by atoms with E-state index in [-0.39, 0.29) is 5.75 Å². The van der Waals surface area contributed by atoms with Crippen molar-refractivity contribution < 1.29 is 14.9 Å². The molecule has 0 amide bonds. The molecule has 26 heavy (non-hydrogen) atoms. The summed E-state index contributed by atoms with van der Waals surface area (Å²) in [6.07, 6.45) is -0.767. The van der Waals surface area contributed by atoms with E-state index in [1.165, 1.54) is 4.41 Å². The number of anilines is 1. The lowest BCUT2D eigenvalue weighted by Crippen LogP contribution is -2.46. The first-order valence-electron chi connectivity index (χ1n) is 8.36. The number of benzene rings is 2. The number of thiol groups is 1. The Balaban J connectivity index is 2.03. The Labute approximate surface area is 160 Å². The van der Waals surface area contributed by atoms with Crippen molar-refractivity contribution in [1.29, 1.82) is 0 Å². The van der Waals surface area contributed by atoms with Crippen LogP contribution < -0.4 is 14.5 Å². The molecule has 0 aliphatic carbocycles. The quantitative estimate of drug-likeness (QED) is 0.322. The van der Waals surface area contributed by atoms with Crippen molar-refractivity contribution >= 4 is 18.5 Å². The molecule has 0 heterocycles. The van der Waals surface area contributed by atoms with Gasteiger partial charge in [0, 0.05) is 20.6 Å². The van der Waals surface area contributed by atoms with Crippen molar-refractivity contribution in [3.8, 4) is 11.5 Å². The molecule has 0 aromatic heterocycles. The zero-order chi connectivity index (χ0) is 19.3. The van der Waals surface area contributed by atoms with Gasteiger partial charge in [0.25, 0.3) is 0 Å². The van der Waals surface area contributed by atoms with E-state index in [2.05, 4.69) is 18.1 Å². The van der Waals surface area contributed by atoms with Crippen LogP contribution in [0, 0.1) is 0 Å². The third-order valence-corrected chi connectivity index (χ3v) is 4.39. The van der Waals surface area contributed by atoms with E-state index >= 15 is 0 Å². The van der Waals surface area contributed by atoms with E-state index < -0.39 is 11.8 Å². The normalized spacial score (nSPS) is 12.9. The molecule has 0 saturated carbocycles. The number of rotatable bonds is 8. The minimum Gasteiger partial charge on any atom is -0.506 e. The summed E-state index contributed by atoms with van der Waals surface area (Å²) in [6, 6.07) is 14.5. The minimum atomic E-state index is -0.767. The highest BCUT2D eigenvalue weighted by molar-refractivity contribution is 7.81. The van der Waals surface area contributed by atoms with Gasteiger partial charge in [0.2, 0.25) is 0 Å². The SMILES string of the molecule is CN(C)N(S)c1cc(C(O)CNC(C)(C)Oc2ccccc2)ccc1O. The van der Waals surface area contributed by atoms with Crippen LogP contribution in [-0.2, 0) is 0 Å². The van der Waals surface area contributed by atoms with Crippen molar-refractivity contribution in [2.45, 2.75) is 25.7 Å². The lowest BCUT2D eigenvalue weighted by atomic mass is 10.1. The first-order chi connectivity index (χ1) is 12.2. The van der Waals surface area contributed by atoms with E-state index in [9.17, 15) is 10.2 Å². The molecule has 0 radical (unpaired) electrons. The van der Waals surface area contributed by atoms with E-state index in [1.807, 2.05) is 44.2 Å². The number of nitrogens with zero attached hydrogens (tertiary/aromatic N) is 2. The zero-order valence-electron chi connectivity index (χ0n) is 15.5. The maximum atomic E-state index is 10.5. The molecule has 142 valence electrons. The lowest BCUT2D eigenvalue weighted by Gasteiger charge is -2.29. The van der Waals surface area contributed by atoms with E-state index in [1.54, 1.807) is 37.3 Å². The molecule has 2 aromatic rings. The highest BCUT2D eigenvalue weighted by Gasteiger charge is 2.22. The number of phenolic OH excluding ortho intramolecular Hbond substituents is 1. The number of phenols is 1. The lowest BCUT2D eigenvalue weighted by molar-refractivity contribution is 0.0514. The van der Waals surface area contributed by atoms with Crippen LogP contribution in [0.5, 0.6) is 11.5 Å². The van der Waals surface area contributed by atoms with E-state index in [4.69, 9.17) is 4.74 Å². The number of ether oxygens (including phenoxy) is 1. The van der Waals surface area contributed by atoms with Gasteiger partial charge in [0.1, 0.15) is 17.2 Å². The second kappa shape index (κ2) is 8.64. The summed E-state index contributed by atoms with van der Waals surface area (Å²) in [6.45, 7) is 4.09. The van der Waals surface area contributed by atoms with Gasteiger partial charge in [0.15, 0.2) is 5.72 Å². The van der Waals surface area contributed by atoms with E-state index in [0.29, 0.717) is 17.8 Å². The van der Waals surface area contributed by atoms with Gasteiger partial charge >= 0.3 is 0 Å². The van der Waals surface area contributed by atoms with Crippen molar-refractivity contribution in [3.05, 3.63) is 54.1 Å². The number of nitrogens with one attached hydrogen (secondary N) is 1. The van der Waals surface area contributed by atoms with Crippen LogP contribution in [0.25, 0.3) is 0 Å². The Bertz CT molecular complexity index is 710. The Kier molecular flexibility index (Phi) is 6.77.